The monoisotopic (exact) mass is 609 g/mol. The number of carbonyl (C=O) groups is 1. The molecule has 5 aromatic rings. The molecule has 3 aromatic carbocycles. The molecule has 218 valence electrons. The Morgan fingerprint density at radius 3 is 2.69 bits per heavy atom. The lowest BCUT2D eigenvalue weighted by atomic mass is 9.89. The van der Waals surface area contributed by atoms with Crippen LogP contribution < -0.4 is 9.62 Å². The van der Waals surface area contributed by atoms with E-state index in [2.05, 4.69) is 15.6 Å². The third-order valence-corrected chi connectivity index (χ3v) is 10.3. The zero-order valence-electron chi connectivity index (χ0n) is 23.1. The fraction of sp³-hybridized carbons (Fsp3) is 0.276. The van der Waals surface area contributed by atoms with Gasteiger partial charge >= 0.3 is 0 Å². The molecule has 3 heterocycles. The van der Waals surface area contributed by atoms with Crippen LogP contribution in [0.15, 0.2) is 68.5 Å². The maximum absolute atomic E-state index is 13.8. The number of halogens is 1. The molecule has 42 heavy (non-hydrogen) atoms. The van der Waals surface area contributed by atoms with E-state index in [1.165, 1.54) is 34.5 Å². The summed E-state index contributed by atoms with van der Waals surface area (Å²) in [6, 6.07) is 14.4. The lowest BCUT2D eigenvalue weighted by Gasteiger charge is -2.34. The molecule has 0 saturated carbocycles. The second-order valence-electron chi connectivity index (χ2n) is 10.1. The van der Waals surface area contributed by atoms with E-state index >= 15 is 0 Å². The minimum absolute atomic E-state index is 0.0551. The molecule has 0 aliphatic carbocycles. The normalized spacial score (nSPS) is 16.2. The van der Waals surface area contributed by atoms with E-state index in [1.54, 1.807) is 31.3 Å². The van der Waals surface area contributed by atoms with Crippen LogP contribution in [-0.2, 0) is 10.0 Å². The first-order chi connectivity index (χ1) is 20.2. The number of fused-ring (bicyclic) bond motifs is 2. The highest BCUT2D eigenvalue weighted by atomic mass is 32.2. The molecule has 1 atom stereocenters. The second-order valence-corrected chi connectivity index (χ2v) is 12.9. The summed E-state index contributed by atoms with van der Waals surface area (Å²) < 4.78 is 55.9. The Bertz CT molecular complexity index is 1910. The summed E-state index contributed by atoms with van der Waals surface area (Å²) in [7, 11) is -0.435. The van der Waals surface area contributed by atoms with Crippen molar-refractivity contribution in [1.29, 1.82) is 0 Å². The van der Waals surface area contributed by atoms with Crippen LogP contribution in [0.4, 0.5) is 10.1 Å². The maximum Gasteiger partial charge on any atom is 0.255 e. The number of nitrogens with zero attached hydrogens (tertiary/aromatic N) is 4. The van der Waals surface area contributed by atoms with Gasteiger partial charge in [0.05, 0.1) is 11.3 Å². The molecule has 1 amide bonds. The predicted molar refractivity (Wildman–Crippen MR) is 159 cm³/mol. The maximum atomic E-state index is 13.8. The Morgan fingerprint density at radius 2 is 1.95 bits per heavy atom. The van der Waals surface area contributed by atoms with Gasteiger partial charge in [-0.15, -0.1) is 0 Å². The van der Waals surface area contributed by atoms with Crippen molar-refractivity contribution < 1.29 is 26.6 Å². The molecule has 1 fully saturated rings. The number of amides is 1. The van der Waals surface area contributed by atoms with Gasteiger partial charge < -0.3 is 14.0 Å². The van der Waals surface area contributed by atoms with Gasteiger partial charge in [0, 0.05) is 50.5 Å². The highest BCUT2D eigenvalue weighted by Crippen LogP contribution is 2.43. The topological polar surface area (TPSA) is 122 Å². The summed E-state index contributed by atoms with van der Waals surface area (Å²) in [5.74, 6) is -0.567. The molecule has 1 aliphatic heterocycles. The van der Waals surface area contributed by atoms with Crippen LogP contribution in [-0.4, -0.2) is 62.4 Å². The highest BCUT2D eigenvalue weighted by Gasteiger charge is 2.35. The summed E-state index contributed by atoms with van der Waals surface area (Å²) in [6.45, 7) is 0.600. The number of rotatable bonds is 7. The Balaban J connectivity index is 1.47. The van der Waals surface area contributed by atoms with Crippen molar-refractivity contribution in [3.8, 4) is 11.3 Å². The standard InChI is InChI=1S/C29H28FN5O5S2/c1-31-29(36)26-21-14-20(23(34(2)41-3)15-24(21)39-28(26)17-9-11-19(30)12-10-17)18-6-5-13-35(16-18)42(37,38)25-8-4-7-22-27(25)33-40-32-22/h4,7-12,14-15,18H,5-6,13,16H2,1-3H3,(H,31,36). The van der Waals surface area contributed by atoms with E-state index in [0.29, 0.717) is 46.3 Å². The van der Waals surface area contributed by atoms with Crippen molar-refractivity contribution in [3.63, 3.8) is 0 Å². The molecule has 1 aliphatic rings. The van der Waals surface area contributed by atoms with Crippen molar-refractivity contribution in [2.45, 2.75) is 23.7 Å². The SMILES string of the molecule is CNC(=O)c1c(-c2ccc(F)cc2)oc2cc(N(C)SC)c(C3CCCN(S(=O)(=O)c4cccc5nonc45)C3)cc12. The first-order valence-corrected chi connectivity index (χ1v) is 15.9. The average molecular weight is 610 g/mol. The first kappa shape index (κ1) is 28.2. The number of furan rings is 1. The molecule has 1 saturated heterocycles. The summed E-state index contributed by atoms with van der Waals surface area (Å²) in [4.78, 5) is 13.2. The van der Waals surface area contributed by atoms with Gasteiger partial charge in [0.2, 0.25) is 10.0 Å². The Hall–Kier alpha value is -3.94. The van der Waals surface area contributed by atoms with Crippen LogP contribution in [0.2, 0.25) is 0 Å². The Morgan fingerprint density at radius 1 is 1.17 bits per heavy atom. The Labute approximate surface area is 246 Å². The molecular formula is C29H28FN5O5S2. The van der Waals surface area contributed by atoms with Crippen molar-refractivity contribution in [2.75, 3.05) is 37.7 Å². The third kappa shape index (κ3) is 4.80. The van der Waals surface area contributed by atoms with Crippen molar-refractivity contribution >= 4 is 55.6 Å². The second kappa shape index (κ2) is 11.0. The number of hydrogen-bond acceptors (Lipinski definition) is 9. The number of anilines is 1. The zero-order valence-corrected chi connectivity index (χ0v) is 24.8. The van der Waals surface area contributed by atoms with Gasteiger partial charge in [0.25, 0.3) is 5.91 Å². The van der Waals surface area contributed by atoms with Gasteiger partial charge in [0.1, 0.15) is 27.6 Å². The quantitative estimate of drug-likeness (QED) is 0.241. The van der Waals surface area contributed by atoms with Gasteiger partial charge in [-0.1, -0.05) is 18.0 Å². The summed E-state index contributed by atoms with van der Waals surface area (Å²) in [5, 5.41) is 10.9. The molecule has 0 spiro atoms. The van der Waals surface area contributed by atoms with Crippen LogP contribution in [0.5, 0.6) is 0 Å². The summed E-state index contributed by atoms with van der Waals surface area (Å²) >= 11 is 1.50. The smallest absolute Gasteiger partial charge is 0.255 e. The molecule has 0 radical (unpaired) electrons. The van der Waals surface area contributed by atoms with Gasteiger partial charge in [-0.2, -0.15) is 4.31 Å². The van der Waals surface area contributed by atoms with Crippen LogP contribution in [0.1, 0.15) is 34.7 Å². The zero-order chi connectivity index (χ0) is 29.6. The summed E-state index contributed by atoms with van der Waals surface area (Å²) in [5.41, 5.74) is 3.73. The number of aromatic nitrogens is 2. The lowest BCUT2D eigenvalue weighted by Crippen LogP contribution is -2.39. The van der Waals surface area contributed by atoms with E-state index in [9.17, 15) is 17.6 Å². The van der Waals surface area contributed by atoms with Crippen LogP contribution >= 0.6 is 11.9 Å². The minimum atomic E-state index is -3.90. The number of nitrogens with one attached hydrogen (secondary N) is 1. The molecule has 1 N–H and O–H groups in total. The minimum Gasteiger partial charge on any atom is -0.455 e. The van der Waals surface area contributed by atoms with Gasteiger partial charge in [-0.05, 0) is 77.1 Å². The van der Waals surface area contributed by atoms with E-state index < -0.39 is 15.8 Å². The average Bonchev–Trinajstić information content (AvgIpc) is 3.64. The van der Waals surface area contributed by atoms with Gasteiger partial charge in [-0.25, -0.2) is 17.4 Å². The van der Waals surface area contributed by atoms with Crippen molar-refractivity contribution in [2.24, 2.45) is 0 Å². The van der Waals surface area contributed by atoms with Gasteiger partial charge in [0.15, 0.2) is 5.52 Å². The van der Waals surface area contributed by atoms with Crippen LogP contribution in [0, 0.1) is 5.82 Å². The largest absolute Gasteiger partial charge is 0.455 e. The highest BCUT2D eigenvalue weighted by molar-refractivity contribution is 7.99. The molecule has 13 heteroatoms. The number of hydrogen-bond donors (Lipinski definition) is 1. The first-order valence-electron chi connectivity index (χ1n) is 13.3. The van der Waals surface area contributed by atoms with E-state index in [-0.39, 0.29) is 28.8 Å². The Kier molecular flexibility index (Phi) is 7.41. The van der Waals surface area contributed by atoms with E-state index in [4.69, 9.17) is 9.05 Å². The van der Waals surface area contributed by atoms with Crippen molar-refractivity contribution in [3.05, 3.63) is 71.5 Å². The fourth-order valence-corrected chi connectivity index (χ4v) is 7.56. The number of sulfonamides is 1. The molecule has 10 nitrogen and oxygen atoms in total. The van der Waals surface area contributed by atoms with Crippen LogP contribution in [0.25, 0.3) is 33.3 Å². The molecular weight excluding hydrogens is 581 g/mol. The number of carbonyl (C=O) groups excluding carboxylic acids is 1. The third-order valence-electron chi connectivity index (χ3n) is 7.70. The molecule has 0 bridgehead atoms. The van der Waals surface area contributed by atoms with E-state index in [0.717, 1.165) is 17.7 Å². The summed E-state index contributed by atoms with van der Waals surface area (Å²) in [6.07, 6.45) is 3.34. The molecule has 6 rings (SSSR count). The number of benzene rings is 3. The molecule has 1 unspecified atom stereocenters. The molecule has 2 aromatic heterocycles. The lowest BCUT2D eigenvalue weighted by molar-refractivity contribution is 0.0964. The number of piperidine rings is 1. The van der Waals surface area contributed by atoms with Crippen LogP contribution in [0.3, 0.4) is 0 Å². The van der Waals surface area contributed by atoms with E-state index in [1.807, 2.05) is 29.7 Å². The fourth-order valence-electron chi connectivity index (χ4n) is 5.55. The van der Waals surface area contributed by atoms with Crippen molar-refractivity contribution in [1.82, 2.24) is 19.9 Å². The van der Waals surface area contributed by atoms with Gasteiger partial charge in [-0.3, -0.25) is 4.79 Å². The predicted octanol–water partition coefficient (Wildman–Crippen LogP) is 5.42.